The fourth-order valence-electron chi connectivity index (χ4n) is 3.30. The molecule has 1 amide bonds. The highest BCUT2D eigenvalue weighted by Gasteiger charge is 2.24. The van der Waals surface area contributed by atoms with E-state index in [-0.39, 0.29) is 12.4 Å². The molecule has 1 N–H and O–H groups in total. The van der Waals surface area contributed by atoms with Crippen molar-refractivity contribution >= 4 is 18.3 Å². The molecule has 20 heavy (non-hydrogen) atoms. The van der Waals surface area contributed by atoms with Gasteiger partial charge in [0.1, 0.15) is 0 Å². The number of amides is 1. The first-order chi connectivity index (χ1) is 9.15. The van der Waals surface area contributed by atoms with Gasteiger partial charge in [0.15, 0.2) is 0 Å². The van der Waals surface area contributed by atoms with Crippen LogP contribution in [0, 0.1) is 11.8 Å². The number of hydrogen-bond acceptors (Lipinski definition) is 3. The summed E-state index contributed by atoms with van der Waals surface area (Å²) in [5, 5.41) is 3.29. The number of likely N-dealkylation sites (tertiary alicyclic amines) is 1. The molecule has 5 heteroatoms. The highest BCUT2D eigenvalue weighted by atomic mass is 35.5. The molecule has 2 aliphatic heterocycles. The standard InChI is InChI=1S/C15H29N3O.ClH/c1-13(2)11-14-3-7-17(12-14)8-4-15(19)18-9-5-16-6-10-18;/h13-14,16H,3-12H2,1-2H3;1H. The Balaban J connectivity index is 0.00000200. The molecule has 0 aromatic rings. The van der Waals surface area contributed by atoms with E-state index in [1.807, 2.05) is 4.90 Å². The van der Waals surface area contributed by atoms with Crippen molar-refractivity contribution in [3.63, 3.8) is 0 Å². The molecule has 1 unspecified atom stereocenters. The Kier molecular flexibility index (Phi) is 7.85. The van der Waals surface area contributed by atoms with Gasteiger partial charge in [-0.25, -0.2) is 0 Å². The van der Waals surface area contributed by atoms with Crippen LogP contribution in [0.25, 0.3) is 0 Å². The summed E-state index contributed by atoms with van der Waals surface area (Å²) >= 11 is 0. The lowest BCUT2D eigenvalue weighted by atomic mass is 9.97. The molecule has 2 rings (SSSR count). The van der Waals surface area contributed by atoms with Gasteiger partial charge in [-0.3, -0.25) is 4.79 Å². The summed E-state index contributed by atoms with van der Waals surface area (Å²) < 4.78 is 0. The molecule has 2 heterocycles. The summed E-state index contributed by atoms with van der Waals surface area (Å²) in [5.74, 6) is 2.00. The highest BCUT2D eigenvalue weighted by Crippen LogP contribution is 2.23. The van der Waals surface area contributed by atoms with E-state index in [1.54, 1.807) is 0 Å². The molecule has 0 aromatic heterocycles. The van der Waals surface area contributed by atoms with Gasteiger partial charge in [0.05, 0.1) is 0 Å². The number of hydrogen-bond donors (Lipinski definition) is 1. The van der Waals surface area contributed by atoms with Gasteiger partial charge in [0.2, 0.25) is 5.91 Å². The summed E-state index contributed by atoms with van der Waals surface area (Å²) in [6.07, 6.45) is 3.36. The Labute approximate surface area is 129 Å². The summed E-state index contributed by atoms with van der Waals surface area (Å²) in [7, 11) is 0. The van der Waals surface area contributed by atoms with Crippen LogP contribution < -0.4 is 5.32 Å². The SMILES string of the molecule is CC(C)CC1CCN(CCC(=O)N2CCNCC2)C1.Cl. The van der Waals surface area contributed by atoms with E-state index in [2.05, 4.69) is 24.1 Å². The van der Waals surface area contributed by atoms with E-state index in [1.165, 1.54) is 25.9 Å². The lowest BCUT2D eigenvalue weighted by Gasteiger charge is -2.28. The van der Waals surface area contributed by atoms with Gasteiger partial charge in [-0.15, -0.1) is 12.4 Å². The van der Waals surface area contributed by atoms with Crippen molar-refractivity contribution in [1.29, 1.82) is 0 Å². The van der Waals surface area contributed by atoms with Crippen molar-refractivity contribution in [2.75, 3.05) is 45.8 Å². The molecular formula is C15H30ClN3O. The summed E-state index contributed by atoms with van der Waals surface area (Å²) in [6, 6.07) is 0. The number of carbonyl (C=O) groups excluding carboxylic acids is 1. The summed E-state index contributed by atoms with van der Waals surface area (Å²) in [5.41, 5.74) is 0. The van der Waals surface area contributed by atoms with E-state index >= 15 is 0 Å². The van der Waals surface area contributed by atoms with Crippen molar-refractivity contribution in [2.45, 2.75) is 33.1 Å². The third kappa shape index (κ3) is 5.58. The molecule has 0 radical (unpaired) electrons. The minimum absolute atomic E-state index is 0. The third-order valence-electron chi connectivity index (χ3n) is 4.29. The van der Waals surface area contributed by atoms with Crippen LogP contribution in [-0.4, -0.2) is 61.5 Å². The zero-order chi connectivity index (χ0) is 13.7. The zero-order valence-corrected chi connectivity index (χ0v) is 13.8. The van der Waals surface area contributed by atoms with Gasteiger partial charge < -0.3 is 15.1 Å². The average molecular weight is 304 g/mol. The van der Waals surface area contributed by atoms with Crippen molar-refractivity contribution in [2.24, 2.45) is 11.8 Å². The third-order valence-corrected chi connectivity index (χ3v) is 4.29. The minimum Gasteiger partial charge on any atom is -0.340 e. The number of halogens is 1. The molecule has 1 atom stereocenters. The molecule has 0 saturated carbocycles. The van der Waals surface area contributed by atoms with Crippen LogP contribution in [0.4, 0.5) is 0 Å². The Hall–Kier alpha value is -0.320. The van der Waals surface area contributed by atoms with Crippen LogP contribution in [0.3, 0.4) is 0 Å². The molecule has 2 saturated heterocycles. The average Bonchev–Trinajstić information content (AvgIpc) is 2.84. The Morgan fingerprint density at radius 3 is 2.60 bits per heavy atom. The van der Waals surface area contributed by atoms with Crippen molar-refractivity contribution < 1.29 is 4.79 Å². The molecule has 2 aliphatic rings. The normalized spacial score (nSPS) is 23.9. The van der Waals surface area contributed by atoms with Gasteiger partial charge in [-0.1, -0.05) is 13.8 Å². The first-order valence-corrected chi connectivity index (χ1v) is 7.86. The van der Waals surface area contributed by atoms with E-state index in [0.29, 0.717) is 12.3 Å². The van der Waals surface area contributed by atoms with Gasteiger partial charge >= 0.3 is 0 Å². The van der Waals surface area contributed by atoms with Crippen molar-refractivity contribution in [1.82, 2.24) is 15.1 Å². The van der Waals surface area contributed by atoms with Crippen LogP contribution in [0.15, 0.2) is 0 Å². The lowest BCUT2D eigenvalue weighted by molar-refractivity contribution is -0.132. The molecule has 0 aliphatic carbocycles. The summed E-state index contributed by atoms with van der Waals surface area (Å²) in [4.78, 5) is 16.6. The fraction of sp³-hybridized carbons (Fsp3) is 0.933. The predicted molar refractivity (Wildman–Crippen MR) is 85.3 cm³/mol. The van der Waals surface area contributed by atoms with E-state index < -0.39 is 0 Å². The monoisotopic (exact) mass is 303 g/mol. The fourth-order valence-corrected chi connectivity index (χ4v) is 3.30. The Morgan fingerprint density at radius 2 is 1.95 bits per heavy atom. The molecular weight excluding hydrogens is 274 g/mol. The van der Waals surface area contributed by atoms with Gasteiger partial charge in [0.25, 0.3) is 0 Å². The van der Waals surface area contributed by atoms with E-state index in [4.69, 9.17) is 0 Å². The maximum absolute atomic E-state index is 12.1. The predicted octanol–water partition coefficient (Wildman–Crippen LogP) is 1.60. The van der Waals surface area contributed by atoms with Crippen molar-refractivity contribution in [3.05, 3.63) is 0 Å². The number of piperazine rings is 1. The molecule has 0 aromatic carbocycles. The lowest BCUT2D eigenvalue weighted by Crippen LogP contribution is -2.47. The second kappa shape index (κ2) is 8.85. The van der Waals surface area contributed by atoms with Gasteiger partial charge in [-0.05, 0) is 31.2 Å². The van der Waals surface area contributed by atoms with Gasteiger partial charge in [-0.2, -0.15) is 0 Å². The van der Waals surface area contributed by atoms with Crippen LogP contribution in [-0.2, 0) is 4.79 Å². The van der Waals surface area contributed by atoms with Crippen LogP contribution >= 0.6 is 12.4 Å². The summed E-state index contributed by atoms with van der Waals surface area (Å²) in [6.45, 7) is 11.6. The second-order valence-electron chi connectivity index (χ2n) is 6.47. The topological polar surface area (TPSA) is 35.6 Å². The van der Waals surface area contributed by atoms with E-state index in [9.17, 15) is 4.79 Å². The van der Waals surface area contributed by atoms with Gasteiger partial charge in [0, 0.05) is 45.7 Å². The zero-order valence-electron chi connectivity index (χ0n) is 12.9. The highest BCUT2D eigenvalue weighted by molar-refractivity contribution is 5.85. The maximum Gasteiger partial charge on any atom is 0.223 e. The van der Waals surface area contributed by atoms with Crippen LogP contribution in [0.2, 0.25) is 0 Å². The molecule has 2 fully saturated rings. The minimum atomic E-state index is 0. The number of nitrogens with one attached hydrogen (secondary N) is 1. The molecule has 118 valence electrons. The molecule has 0 spiro atoms. The first kappa shape index (κ1) is 17.7. The van der Waals surface area contributed by atoms with Crippen molar-refractivity contribution in [3.8, 4) is 0 Å². The Bertz CT molecular complexity index is 293. The number of rotatable bonds is 5. The second-order valence-corrected chi connectivity index (χ2v) is 6.47. The maximum atomic E-state index is 12.1. The van der Waals surface area contributed by atoms with E-state index in [0.717, 1.165) is 44.6 Å². The smallest absolute Gasteiger partial charge is 0.223 e. The number of carbonyl (C=O) groups is 1. The van der Waals surface area contributed by atoms with Crippen LogP contribution in [0.5, 0.6) is 0 Å². The largest absolute Gasteiger partial charge is 0.340 e. The number of nitrogens with zero attached hydrogens (tertiary/aromatic N) is 2. The molecule has 0 bridgehead atoms. The Morgan fingerprint density at radius 1 is 1.25 bits per heavy atom. The quantitative estimate of drug-likeness (QED) is 0.838. The van der Waals surface area contributed by atoms with Crippen LogP contribution in [0.1, 0.15) is 33.1 Å². The molecule has 4 nitrogen and oxygen atoms in total. The first-order valence-electron chi connectivity index (χ1n) is 7.86.